The lowest BCUT2D eigenvalue weighted by molar-refractivity contribution is 0.242. The summed E-state index contributed by atoms with van der Waals surface area (Å²) in [6, 6.07) is 8.53. The van der Waals surface area contributed by atoms with Crippen LogP contribution in [0, 0.1) is 5.92 Å². The Morgan fingerprint density at radius 2 is 2.13 bits per heavy atom. The van der Waals surface area contributed by atoms with E-state index in [2.05, 4.69) is 29.6 Å². The first-order chi connectivity index (χ1) is 7.45. The van der Waals surface area contributed by atoms with Crippen molar-refractivity contribution >= 4 is 0 Å². The number of hydrogen-bond donors (Lipinski definition) is 1. The van der Waals surface area contributed by atoms with Gasteiger partial charge in [0, 0.05) is 0 Å². The van der Waals surface area contributed by atoms with Crippen molar-refractivity contribution in [3.63, 3.8) is 0 Å². The van der Waals surface area contributed by atoms with E-state index in [1.54, 1.807) is 0 Å². The second-order valence-electron chi connectivity index (χ2n) is 4.53. The molecule has 0 aromatic heterocycles. The SMILES string of the molecule is c1ccc2c(c1)OCCC2C1CCNC1. The highest BCUT2D eigenvalue weighted by molar-refractivity contribution is 5.38. The van der Waals surface area contributed by atoms with E-state index in [1.807, 2.05) is 0 Å². The van der Waals surface area contributed by atoms with E-state index in [4.69, 9.17) is 4.74 Å². The molecule has 1 N–H and O–H groups in total. The van der Waals surface area contributed by atoms with Gasteiger partial charge in [-0.15, -0.1) is 0 Å². The third-order valence-electron chi connectivity index (χ3n) is 3.67. The summed E-state index contributed by atoms with van der Waals surface area (Å²) in [5.41, 5.74) is 1.43. The summed E-state index contributed by atoms with van der Waals surface area (Å²) in [6.07, 6.45) is 2.50. The Labute approximate surface area is 90.6 Å². The van der Waals surface area contributed by atoms with Crippen LogP contribution >= 0.6 is 0 Å². The first-order valence-electron chi connectivity index (χ1n) is 5.87. The number of benzene rings is 1. The van der Waals surface area contributed by atoms with Crippen molar-refractivity contribution in [1.29, 1.82) is 0 Å². The molecule has 2 atom stereocenters. The van der Waals surface area contributed by atoms with Gasteiger partial charge in [-0.05, 0) is 49.4 Å². The minimum atomic E-state index is 0.713. The number of rotatable bonds is 1. The van der Waals surface area contributed by atoms with Crippen LogP contribution in [0.25, 0.3) is 0 Å². The summed E-state index contributed by atoms with van der Waals surface area (Å²) in [5.74, 6) is 2.64. The Bertz CT molecular complexity index is 344. The monoisotopic (exact) mass is 203 g/mol. The molecule has 0 radical (unpaired) electrons. The van der Waals surface area contributed by atoms with Gasteiger partial charge in [-0.25, -0.2) is 0 Å². The van der Waals surface area contributed by atoms with Crippen LogP contribution in [-0.4, -0.2) is 19.7 Å². The van der Waals surface area contributed by atoms with Crippen molar-refractivity contribution in [2.75, 3.05) is 19.7 Å². The molecule has 3 rings (SSSR count). The molecule has 1 saturated heterocycles. The van der Waals surface area contributed by atoms with E-state index in [-0.39, 0.29) is 0 Å². The molecular weight excluding hydrogens is 186 g/mol. The minimum Gasteiger partial charge on any atom is -0.493 e. The van der Waals surface area contributed by atoms with Gasteiger partial charge in [-0.2, -0.15) is 0 Å². The van der Waals surface area contributed by atoms with Gasteiger partial charge in [0.1, 0.15) is 5.75 Å². The molecule has 0 bridgehead atoms. The minimum absolute atomic E-state index is 0.713. The van der Waals surface area contributed by atoms with E-state index in [0.29, 0.717) is 5.92 Å². The van der Waals surface area contributed by atoms with E-state index in [0.717, 1.165) is 18.3 Å². The summed E-state index contributed by atoms with van der Waals surface area (Å²) in [4.78, 5) is 0. The molecule has 2 aliphatic rings. The normalized spacial score (nSPS) is 29.6. The largest absolute Gasteiger partial charge is 0.493 e. The van der Waals surface area contributed by atoms with Crippen LogP contribution in [-0.2, 0) is 0 Å². The Balaban J connectivity index is 1.91. The Morgan fingerprint density at radius 3 is 3.00 bits per heavy atom. The quantitative estimate of drug-likeness (QED) is 0.755. The van der Waals surface area contributed by atoms with Crippen LogP contribution in [0.3, 0.4) is 0 Å². The maximum absolute atomic E-state index is 5.69. The van der Waals surface area contributed by atoms with Crippen molar-refractivity contribution in [2.45, 2.75) is 18.8 Å². The van der Waals surface area contributed by atoms with Crippen LogP contribution < -0.4 is 10.1 Å². The lowest BCUT2D eigenvalue weighted by Crippen LogP contribution is -2.22. The number of hydrogen-bond acceptors (Lipinski definition) is 2. The highest BCUT2D eigenvalue weighted by atomic mass is 16.5. The van der Waals surface area contributed by atoms with Crippen molar-refractivity contribution in [2.24, 2.45) is 5.92 Å². The van der Waals surface area contributed by atoms with Crippen molar-refractivity contribution in [3.8, 4) is 5.75 Å². The molecule has 2 aliphatic heterocycles. The zero-order valence-electron chi connectivity index (χ0n) is 8.91. The predicted molar refractivity (Wildman–Crippen MR) is 60.3 cm³/mol. The summed E-state index contributed by atoms with van der Waals surface area (Å²) in [6.45, 7) is 3.25. The molecule has 2 nitrogen and oxygen atoms in total. The molecule has 2 unspecified atom stereocenters. The molecule has 0 saturated carbocycles. The van der Waals surface area contributed by atoms with Crippen LogP contribution in [0.4, 0.5) is 0 Å². The van der Waals surface area contributed by atoms with Gasteiger partial charge in [0.25, 0.3) is 0 Å². The van der Waals surface area contributed by atoms with Gasteiger partial charge >= 0.3 is 0 Å². The van der Waals surface area contributed by atoms with Crippen molar-refractivity contribution in [1.82, 2.24) is 5.32 Å². The molecule has 2 heterocycles. The highest BCUT2D eigenvalue weighted by Gasteiger charge is 2.30. The van der Waals surface area contributed by atoms with E-state index >= 15 is 0 Å². The summed E-state index contributed by atoms with van der Waals surface area (Å²) in [5, 5.41) is 3.46. The van der Waals surface area contributed by atoms with Crippen LogP contribution in [0.2, 0.25) is 0 Å². The fourth-order valence-corrected chi connectivity index (χ4v) is 2.88. The van der Waals surface area contributed by atoms with Gasteiger partial charge in [0.05, 0.1) is 6.61 Å². The lowest BCUT2D eigenvalue weighted by Gasteiger charge is -2.29. The number of nitrogens with one attached hydrogen (secondary N) is 1. The van der Waals surface area contributed by atoms with Crippen LogP contribution in [0.5, 0.6) is 5.75 Å². The molecule has 1 fully saturated rings. The first kappa shape index (κ1) is 9.22. The molecule has 2 heteroatoms. The van der Waals surface area contributed by atoms with Gasteiger partial charge < -0.3 is 10.1 Å². The topological polar surface area (TPSA) is 21.3 Å². The maximum atomic E-state index is 5.69. The molecule has 1 aromatic carbocycles. The Hall–Kier alpha value is -1.02. The average Bonchev–Trinajstić information content (AvgIpc) is 2.82. The summed E-state index contributed by atoms with van der Waals surface area (Å²) >= 11 is 0. The molecule has 1 aromatic rings. The van der Waals surface area contributed by atoms with Gasteiger partial charge in [-0.1, -0.05) is 18.2 Å². The summed E-state index contributed by atoms with van der Waals surface area (Å²) in [7, 11) is 0. The number of para-hydroxylation sites is 1. The van der Waals surface area contributed by atoms with Crippen LogP contribution in [0.15, 0.2) is 24.3 Å². The lowest BCUT2D eigenvalue weighted by atomic mass is 9.81. The zero-order valence-corrected chi connectivity index (χ0v) is 8.91. The third kappa shape index (κ3) is 1.63. The molecule has 0 amide bonds. The van der Waals surface area contributed by atoms with Gasteiger partial charge in [-0.3, -0.25) is 0 Å². The standard InChI is InChI=1S/C13H17NO/c1-2-4-13-12(3-1)11(6-8-15-13)10-5-7-14-9-10/h1-4,10-11,14H,5-9H2. The first-order valence-corrected chi connectivity index (χ1v) is 5.87. The maximum Gasteiger partial charge on any atom is 0.122 e. The Kier molecular flexibility index (Phi) is 2.37. The molecule has 0 aliphatic carbocycles. The van der Waals surface area contributed by atoms with Gasteiger partial charge in [0.2, 0.25) is 0 Å². The van der Waals surface area contributed by atoms with Crippen molar-refractivity contribution in [3.05, 3.63) is 29.8 Å². The van der Waals surface area contributed by atoms with E-state index in [9.17, 15) is 0 Å². The molecular formula is C13H17NO. The number of fused-ring (bicyclic) bond motifs is 1. The van der Waals surface area contributed by atoms with Gasteiger partial charge in [0.15, 0.2) is 0 Å². The van der Waals surface area contributed by atoms with E-state index < -0.39 is 0 Å². The molecule has 0 spiro atoms. The third-order valence-corrected chi connectivity index (χ3v) is 3.67. The summed E-state index contributed by atoms with van der Waals surface area (Å²) < 4.78 is 5.69. The number of ether oxygens (including phenoxy) is 1. The van der Waals surface area contributed by atoms with Crippen molar-refractivity contribution < 1.29 is 4.74 Å². The smallest absolute Gasteiger partial charge is 0.122 e. The fourth-order valence-electron chi connectivity index (χ4n) is 2.88. The highest BCUT2D eigenvalue weighted by Crippen LogP contribution is 2.39. The molecule has 80 valence electrons. The van der Waals surface area contributed by atoms with Crippen LogP contribution in [0.1, 0.15) is 24.3 Å². The average molecular weight is 203 g/mol. The zero-order chi connectivity index (χ0) is 10.1. The molecule has 15 heavy (non-hydrogen) atoms. The second-order valence-corrected chi connectivity index (χ2v) is 4.53. The van der Waals surface area contributed by atoms with E-state index in [1.165, 1.54) is 31.5 Å². The predicted octanol–water partition coefficient (Wildman–Crippen LogP) is 2.16. The Morgan fingerprint density at radius 1 is 1.20 bits per heavy atom. The second kappa shape index (κ2) is 3.86. The fraction of sp³-hybridized carbons (Fsp3) is 0.538.